The maximum atomic E-state index is 11.1. The molecular formula is C17H24O4. The van der Waals surface area contributed by atoms with Gasteiger partial charge in [-0.2, -0.15) is 0 Å². The molecule has 2 rings (SSSR count). The SMILES string of the molecule is COc1cccc(C(C)(C)CC(=O)O)c1OC1CCCC1. The van der Waals surface area contributed by atoms with E-state index in [9.17, 15) is 4.79 Å². The lowest BCUT2D eigenvalue weighted by Gasteiger charge is -2.28. The van der Waals surface area contributed by atoms with Crippen molar-refractivity contribution in [3.8, 4) is 11.5 Å². The number of para-hydroxylation sites is 1. The molecule has 0 radical (unpaired) electrons. The van der Waals surface area contributed by atoms with E-state index in [0.717, 1.165) is 18.4 Å². The molecule has 21 heavy (non-hydrogen) atoms. The van der Waals surface area contributed by atoms with Crippen molar-refractivity contribution in [2.45, 2.75) is 57.5 Å². The molecule has 1 fully saturated rings. The number of hydrogen-bond donors (Lipinski definition) is 1. The summed E-state index contributed by atoms with van der Waals surface area (Å²) in [5.41, 5.74) is 0.394. The summed E-state index contributed by atoms with van der Waals surface area (Å²) in [6.45, 7) is 3.86. The molecule has 1 aromatic carbocycles. The summed E-state index contributed by atoms with van der Waals surface area (Å²) in [5, 5.41) is 9.14. The number of aliphatic carboxylic acids is 1. The molecule has 0 saturated heterocycles. The molecule has 116 valence electrons. The van der Waals surface area contributed by atoms with Crippen LogP contribution < -0.4 is 9.47 Å². The van der Waals surface area contributed by atoms with Gasteiger partial charge in [-0.15, -0.1) is 0 Å². The van der Waals surface area contributed by atoms with Gasteiger partial charge in [0.05, 0.1) is 19.6 Å². The van der Waals surface area contributed by atoms with Crippen molar-refractivity contribution in [3.05, 3.63) is 23.8 Å². The first-order valence-corrected chi connectivity index (χ1v) is 7.50. The number of carbonyl (C=O) groups is 1. The summed E-state index contributed by atoms with van der Waals surface area (Å²) < 4.78 is 11.6. The zero-order valence-corrected chi connectivity index (χ0v) is 13.0. The molecule has 0 heterocycles. The Morgan fingerprint density at radius 1 is 1.33 bits per heavy atom. The van der Waals surface area contributed by atoms with E-state index in [1.54, 1.807) is 7.11 Å². The number of benzene rings is 1. The molecule has 1 saturated carbocycles. The zero-order valence-electron chi connectivity index (χ0n) is 13.0. The van der Waals surface area contributed by atoms with Crippen molar-refractivity contribution in [1.82, 2.24) is 0 Å². The van der Waals surface area contributed by atoms with Crippen LogP contribution in [-0.4, -0.2) is 24.3 Å². The lowest BCUT2D eigenvalue weighted by atomic mass is 9.81. The summed E-state index contributed by atoms with van der Waals surface area (Å²) in [7, 11) is 1.62. The van der Waals surface area contributed by atoms with Gasteiger partial charge in [0, 0.05) is 11.0 Å². The van der Waals surface area contributed by atoms with Crippen LogP contribution in [0, 0.1) is 0 Å². The fourth-order valence-electron chi connectivity index (χ4n) is 2.98. The molecule has 1 aliphatic rings. The largest absolute Gasteiger partial charge is 0.493 e. The van der Waals surface area contributed by atoms with Gasteiger partial charge in [0.25, 0.3) is 0 Å². The Balaban J connectivity index is 2.36. The number of carboxylic acids is 1. The minimum Gasteiger partial charge on any atom is -0.493 e. The van der Waals surface area contributed by atoms with E-state index in [1.807, 2.05) is 32.0 Å². The molecule has 0 amide bonds. The first kappa shape index (κ1) is 15.7. The highest BCUT2D eigenvalue weighted by Crippen LogP contribution is 2.42. The van der Waals surface area contributed by atoms with Crippen LogP contribution in [0.2, 0.25) is 0 Å². The van der Waals surface area contributed by atoms with Crippen molar-refractivity contribution >= 4 is 5.97 Å². The second-order valence-corrected chi connectivity index (χ2v) is 6.32. The zero-order chi connectivity index (χ0) is 15.5. The Labute approximate surface area is 126 Å². The van der Waals surface area contributed by atoms with Crippen LogP contribution in [0.25, 0.3) is 0 Å². The van der Waals surface area contributed by atoms with Crippen molar-refractivity contribution in [2.75, 3.05) is 7.11 Å². The van der Waals surface area contributed by atoms with Crippen LogP contribution in [0.5, 0.6) is 11.5 Å². The number of hydrogen-bond acceptors (Lipinski definition) is 3. The van der Waals surface area contributed by atoms with Crippen LogP contribution in [0.4, 0.5) is 0 Å². The van der Waals surface area contributed by atoms with E-state index in [1.165, 1.54) is 12.8 Å². The Hall–Kier alpha value is -1.71. The van der Waals surface area contributed by atoms with Gasteiger partial charge in [-0.05, 0) is 31.7 Å². The first-order chi connectivity index (χ1) is 9.94. The molecule has 4 heteroatoms. The van der Waals surface area contributed by atoms with Crippen molar-refractivity contribution in [1.29, 1.82) is 0 Å². The monoisotopic (exact) mass is 292 g/mol. The molecule has 1 aliphatic carbocycles. The molecule has 0 bridgehead atoms. The van der Waals surface area contributed by atoms with Gasteiger partial charge in [-0.1, -0.05) is 26.0 Å². The number of carboxylic acid groups (broad SMARTS) is 1. The standard InChI is InChI=1S/C17H24O4/c1-17(2,11-15(18)19)13-9-6-10-14(20-3)16(13)21-12-7-4-5-8-12/h6,9-10,12H,4-5,7-8,11H2,1-3H3,(H,18,19). The first-order valence-electron chi connectivity index (χ1n) is 7.50. The third-order valence-electron chi connectivity index (χ3n) is 4.11. The lowest BCUT2D eigenvalue weighted by Crippen LogP contribution is -2.24. The summed E-state index contributed by atoms with van der Waals surface area (Å²) in [6.07, 6.45) is 4.75. The number of methoxy groups -OCH3 is 1. The van der Waals surface area contributed by atoms with Gasteiger partial charge in [-0.3, -0.25) is 4.79 Å². The molecule has 1 N–H and O–H groups in total. The fourth-order valence-corrected chi connectivity index (χ4v) is 2.98. The maximum absolute atomic E-state index is 11.1. The van der Waals surface area contributed by atoms with Gasteiger partial charge in [-0.25, -0.2) is 0 Å². The summed E-state index contributed by atoms with van der Waals surface area (Å²) in [5.74, 6) is 0.575. The van der Waals surface area contributed by atoms with Crippen LogP contribution >= 0.6 is 0 Å². The Kier molecular flexibility index (Phi) is 4.76. The van der Waals surface area contributed by atoms with E-state index in [0.29, 0.717) is 11.5 Å². The second-order valence-electron chi connectivity index (χ2n) is 6.32. The van der Waals surface area contributed by atoms with Crippen LogP contribution in [0.15, 0.2) is 18.2 Å². The van der Waals surface area contributed by atoms with Gasteiger partial charge < -0.3 is 14.6 Å². The molecule has 0 atom stereocenters. The van der Waals surface area contributed by atoms with Crippen LogP contribution in [0.3, 0.4) is 0 Å². The Morgan fingerprint density at radius 2 is 2.00 bits per heavy atom. The van der Waals surface area contributed by atoms with E-state index in [4.69, 9.17) is 14.6 Å². The van der Waals surface area contributed by atoms with E-state index in [-0.39, 0.29) is 12.5 Å². The van der Waals surface area contributed by atoms with Gasteiger partial charge >= 0.3 is 5.97 Å². The van der Waals surface area contributed by atoms with Crippen molar-refractivity contribution < 1.29 is 19.4 Å². The predicted octanol–water partition coefficient (Wildman–Crippen LogP) is 3.77. The molecule has 4 nitrogen and oxygen atoms in total. The topological polar surface area (TPSA) is 55.8 Å². The minimum atomic E-state index is -0.811. The average Bonchev–Trinajstić information content (AvgIpc) is 2.90. The summed E-state index contributed by atoms with van der Waals surface area (Å²) in [6, 6.07) is 5.69. The Bertz CT molecular complexity index is 502. The molecule has 0 aliphatic heterocycles. The second kappa shape index (κ2) is 6.37. The Morgan fingerprint density at radius 3 is 2.57 bits per heavy atom. The van der Waals surface area contributed by atoms with Gasteiger partial charge in [0.2, 0.25) is 0 Å². The molecule has 0 aromatic heterocycles. The van der Waals surface area contributed by atoms with Crippen LogP contribution in [-0.2, 0) is 10.2 Å². The highest BCUT2D eigenvalue weighted by Gasteiger charge is 2.30. The fraction of sp³-hybridized carbons (Fsp3) is 0.588. The molecule has 0 unspecified atom stereocenters. The van der Waals surface area contributed by atoms with Gasteiger partial charge in [0.15, 0.2) is 11.5 Å². The quantitative estimate of drug-likeness (QED) is 0.867. The minimum absolute atomic E-state index is 0.0567. The van der Waals surface area contributed by atoms with E-state index >= 15 is 0 Å². The molecular weight excluding hydrogens is 268 g/mol. The lowest BCUT2D eigenvalue weighted by molar-refractivity contribution is -0.138. The molecule has 0 spiro atoms. The predicted molar refractivity (Wildman–Crippen MR) is 81.2 cm³/mol. The summed E-state index contributed by atoms with van der Waals surface area (Å²) >= 11 is 0. The average molecular weight is 292 g/mol. The van der Waals surface area contributed by atoms with Crippen molar-refractivity contribution in [3.63, 3.8) is 0 Å². The van der Waals surface area contributed by atoms with E-state index in [2.05, 4.69) is 0 Å². The summed E-state index contributed by atoms with van der Waals surface area (Å²) in [4.78, 5) is 11.1. The van der Waals surface area contributed by atoms with E-state index < -0.39 is 11.4 Å². The highest BCUT2D eigenvalue weighted by atomic mass is 16.5. The van der Waals surface area contributed by atoms with Gasteiger partial charge in [0.1, 0.15) is 0 Å². The molecule has 1 aromatic rings. The smallest absolute Gasteiger partial charge is 0.304 e. The number of ether oxygens (including phenoxy) is 2. The highest BCUT2D eigenvalue weighted by molar-refractivity contribution is 5.69. The third kappa shape index (κ3) is 3.69. The normalized spacial score (nSPS) is 16.0. The van der Waals surface area contributed by atoms with Crippen molar-refractivity contribution in [2.24, 2.45) is 0 Å². The maximum Gasteiger partial charge on any atom is 0.304 e. The number of rotatable bonds is 6. The van der Waals surface area contributed by atoms with Crippen LogP contribution in [0.1, 0.15) is 51.5 Å². The third-order valence-corrected chi connectivity index (χ3v) is 4.11.